The van der Waals surface area contributed by atoms with Crippen molar-refractivity contribution in [1.82, 2.24) is 24.8 Å². The zero-order valence-electron chi connectivity index (χ0n) is 15.9. The van der Waals surface area contributed by atoms with Crippen LogP contribution in [0.1, 0.15) is 41.1 Å². The van der Waals surface area contributed by atoms with Crippen LogP contribution in [0.4, 0.5) is 0 Å². The number of thiazole rings is 1. The average molecular weight is 414 g/mol. The summed E-state index contributed by atoms with van der Waals surface area (Å²) in [6.07, 6.45) is 4.31. The fourth-order valence-electron chi connectivity index (χ4n) is 3.93. The predicted octanol–water partition coefficient (Wildman–Crippen LogP) is 3.30. The molecule has 0 radical (unpaired) electrons. The number of nitrogens with one attached hydrogen (secondary N) is 1. The lowest BCUT2D eigenvalue weighted by atomic mass is 9.96. The molecule has 4 rings (SSSR count). The van der Waals surface area contributed by atoms with Crippen LogP contribution < -0.4 is 5.32 Å². The lowest BCUT2D eigenvalue weighted by Gasteiger charge is -2.28. The number of pyridine rings is 1. The number of rotatable bonds is 6. The minimum atomic E-state index is -0.0439. The van der Waals surface area contributed by atoms with Gasteiger partial charge >= 0.3 is 0 Å². The average Bonchev–Trinajstić information content (AvgIpc) is 3.39. The first-order valence-electron chi connectivity index (χ1n) is 9.29. The molecule has 1 saturated heterocycles. The van der Waals surface area contributed by atoms with Gasteiger partial charge in [-0.15, -0.1) is 11.3 Å². The van der Waals surface area contributed by atoms with Gasteiger partial charge in [0.05, 0.1) is 17.8 Å². The number of aromatic nitrogens is 3. The molecule has 0 unspecified atom stereocenters. The molecule has 2 N–H and O–H groups in total. The minimum Gasteiger partial charge on any atom is -0.396 e. The Morgan fingerprint density at radius 2 is 2.11 bits per heavy atom. The summed E-state index contributed by atoms with van der Waals surface area (Å²) >= 11 is 7.28. The number of aryl methyl sites for hydroxylation is 1. The third-order valence-corrected chi connectivity index (χ3v) is 6.26. The molecule has 146 valence electrons. The van der Waals surface area contributed by atoms with Gasteiger partial charge < -0.3 is 15.3 Å². The van der Waals surface area contributed by atoms with E-state index in [0.29, 0.717) is 18.1 Å². The largest absolute Gasteiger partial charge is 0.396 e. The molecule has 1 aliphatic heterocycles. The van der Waals surface area contributed by atoms with E-state index in [4.69, 9.17) is 12.2 Å². The Balaban J connectivity index is 1.81. The highest BCUT2D eigenvalue weighted by molar-refractivity contribution is 7.80. The van der Waals surface area contributed by atoms with Gasteiger partial charge in [0.25, 0.3) is 0 Å². The van der Waals surface area contributed by atoms with Crippen LogP contribution in [0.3, 0.4) is 0 Å². The molecule has 8 heteroatoms. The highest BCUT2D eigenvalue weighted by atomic mass is 32.1. The Labute approximate surface area is 173 Å². The first-order chi connectivity index (χ1) is 13.6. The van der Waals surface area contributed by atoms with Gasteiger partial charge in [-0.25, -0.2) is 4.98 Å². The van der Waals surface area contributed by atoms with E-state index in [0.717, 1.165) is 22.2 Å². The molecule has 0 spiro atoms. The summed E-state index contributed by atoms with van der Waals surface area (Å²) in [5, 5.41) is 16.5. The zero-order chi connectivity index (χ0) is 19.7. The summed E-state index contributed by atoms with van der Waals surface area (Å²) in [6.45, 7) is 5.06. The second-order valence-electron chi connectivity index (χ2n) is 6.87. The maximum atomic E-state index is 9.37. The van der Waals surface area contributed by atoms with Crippen LogP contribution in [0.25, 0.3) is 5.13 Å². The fourth-order valence-corrected chi connectivity index (χ4v) is 5.02. The molecule has 1 fully saturated rings. The normalized spacial score (nSPS) is 19.2. The van der Waals surface area contributed by atoms with Gasteiger partial charge in [-0.05, 0) is 56.2 Å². The Morgan fingerprint density at radius 1 is 1.25 bits per heavy atom. The van der Waals surface area contributed by atoms with Crippen molar-refractivity contribution in [2.75, 3.05) is 13.2 Å². The molecule has 0 aromatic carbocycles. The summed E-state index contributed by atoms with van der Waals surface area (Å²) in [5.41, 5.74) is 4.45. The highest BCUT2D eigenvalue weighted by Crippen LogP contribution is 2.41. The number of hydrogen-bond acceptors (Lipinski definition) is 5. The third-order valence-electron chi connectivity index (χ3n) is 5.15. The van der Waals surface area contributed by atoms with Crippen LogP contribution in [0.2, 0.25) is 0 Å². The SMILES string of the molecule is Cc1cc([C@@H]2[C@@H](c3ccccn3)NC(=S)N2CCCO)c(C)n1-c1nccs1. The number of thiocarbonyl (C=S) groups is 1. The first-order valence-corrected chi connectivity index (χ1v) is 10.6. The Bertz CT molecular complexity index is 955. The second-order valence-corrected chi connectivity index (χ2v) is 8.13. The lowest BCUT2D eigenvalue weighted by Crippen LogP contribution is -2.31. The number of hydrogen-bond donors (Lipinski definition) is 2. The Kier molecular flexibility index (Phi) is 5.43. The van der Waals surface area contributed by atoms with Gasteiger partial charge in [0.1, 0.15) is 0 Å². The molecule has 3 aromatic heterocycles. The maximum absolute atomic E-state index is 9.37. The van der Waals surface area contributed by atoms with E-state index in [-0.39, 0.29) is 18.7 Å². The monoisotopic (exact) mass is 413 g/mol. The van der Waals surface area contributed by atoms with E-state index < -0.39 is 0 Å². The van der Waals surface area contributed by atoms with Crippen molar-refractivity contribution in [2.45, 2.75) is 32.4 Å². The van der Waals surface area contributed by atoms with E-state index >= 15 is 0 Å². The van der Waals surface area contributed by atoms with E-state index in [1.807, 2.05) is 36.0 Å². The van der Waals surface area contributed by atoms with E-state index in [2.05, 4.69) is 44.7 Å². The van der Waals surface area contributed by atoms with Gasteiger partial charge in [0.2, 0.25) is 0 Å². The predicted molar refractivity (Wildman–Crippen MR) is 115 cm³/mol. The molecule has 1 aliphatic rings. The van der Waals surface area contributed by atoms with E-state index in [1.54, 1.807) is 11.3 Å². The van der Waals surface area contributed by atoms with Crippen molar-refractivity contribution in [3.63, 3.8) is 0 Å². The Hall–Kier alpha value is -2.29. The summed E-state index contributed by atoms with van der Waals surface area (Å²) in [5.74, 6) is 0. The molecule has 3 aromatic rings. The molecule has 0 amide bonds. The van der Waals surface area contributed by atoms with Crippen molar-refractivity contribution in [2.24, 2.45) is 0 Å². The second kappa shape index (κ2) is 7.98. The molecule has 4 heterocycles. The van der Waals surface area contributed by atoms with Crippen molar-refractivity contribution in [3.8, 4) is 5.13 Å². The highest BCUT2D eigenvalue weighted by Gasteiger charge is 2.41. The molecule has 2 atom stereocenters. The number of aliphatic hydroxyl groups excluding tert-OH is 1. The van der Waals surface area contributed by atoms with E-state index in [9.17, 15) is 5.11 Å². The van der Waals surface area contributed by atoms with Crippen LogP contribution in [0, 0.1) is 13.8 Å². The first kappa shape index (κ1) is 19.0. The summed E-state index contributed by atoms with van der Waals surface area (Å²) in [4.78, 5) is 11.2. The van der Waals surface area contributed by atoms with Crippen molar-refractivity contribution in [3.05, 3.63) is 64.7 Å². The minimum absolute atomic E-state index is 0.00821. The van der Waals surface area contributed by atoms with Crippen molar-refractivity contribution in [1.29, 1.82) is 0 Å². The van der Waals surface area contributed by atoms with Gasteiger partial charge in [0, 0.05) is 42.3 Å². The van der Waals surface area contributed by atoms with E-state index in [1.165, 1.54) is 5.56 Å². The Morgan fingerprint density at radius 3 is 2.79 bits per heavy atom. The molecule has 6 nitrogen and oxygen atoms in total. The molecule has 0 aliphatic carbocycles. The summed E-state index contributed by atoms with van der Waals surface area (Å²) in [7, 11) is 0. The molecular weight excluding hydrogens is 390 g/mol. The number of nitrogens with zero attached hydrogens (tertiary/aromatic N) is 4. The van der Waals surface area contributed by atoms with Crippen LogP contribution in [0.15, 0.2) is 42.0 Å². The van der Waals surface area contributed by atoms with Crippen LogP contribution >= 0.6 is 23.6 Å². The van der Waals surface area contributed by atoms with Gasteiger partial charge in [-0.3, -0.25) is 9.55 Å². The summed E-state index contributed by atoms with van der Waals surface area (Å²) in [6, 6.07) is 8.14. The van der Waals surface area contributed by atoms with Crippen LogP contribution in [-0.2, 0) is 0 Å². The quantitative estimate of drug-likeness (QED) is 0.605. The zero-order valence-corrected chi connectivity index (χ0v) is 17.5. The molecule has 0 bridgehead atoms. The van der Waals surface area contributed by atoms with Crippen molar-refractivity contribution < 1.29 is 5.11 Å². The van der Waals surface area contributed by atoms with Gasteiger partial charge in [0.15, 0.2) is 10.2 Å². The van der Waals surface area contributed by atoms with Crippen LogP contribution in [-0.4, -0.2) is 42.8 Å². The maximum Gasteiger partial charge on any atom is 0.193 e. The third kappa shape index (κ3) is 3.32. The fraction of sp³-hybridized carbons (Fsp3) is 0.350. The molecular formula is C20H23N5OS2. The van der Waals surface area contributed by atoms with Gasteiger partial charge in [-0.1, -0.05) is 6.07 Å². The van der Waals surface area contributed by atoms with Crippen LogP contribution in [0.5, 0.6) is 0 Å². The summed E-state index contributed by atoms with van der Waals surface area (Å²) < 4.78 is 2.20. The van der Waals surface area contributed by atoms with Crippen molar-refractivity contribution >= 4 is 28.7 Å². The molecule has 0 saturated carbocycles. The lowest BCUT2D eigenvalue weighted by molar-refractivity contribution is 0.247. The molecule has 28 heavy (non-hydrogen) atoms. The number of aliphatic hydroxyl groups is 1. The smallest absolute Gasteiger partial charge is 0.193 e. The topological polar surface area (TPSA) is 66.2 Å². The standard InChI is InChI=1S/C20H23N5OS2/c1-13-12-15(14(2)25(13)20-22-8-11-28-20)18-17(16-6-3-4-7-21-16)23-19(27)24(18)9-5-10-26/h3-4,6-8,11-12,17-18,26H,5,9-10H2,1-2H3,(H,23,27)/t17-,18-/m1/s1. The van der Waals surface area contributed by atoms with Gasteiger partial charge in [-0.2, -0.15) is 0 Å².